The van der Waals surface area contributed by atoms with E-state index in [0.29, 0.717) is 23.9 Å². The molecule has 1 aliphatic heterocycles. The maximum Gasteiger partial charge on any atom is 0.226 e. The van der Waals surface area contributed by atoms with Gasteiger partial charge in [0.25, 0.3) is 0 Å². The number of rotatable bonds is 1. The van der Waals surface area contributed by atoms with Gasteiger partial charge in [0.15, 0.2) is 0 Å². The van der Waals surface area contributed by atoms with Gasteiger partial charge in [0.2, 0.25) is 5.91 Å². The Kier molecular flexibility index (Phi) is 3.33. The summed E-state index contributed by atoms with van der Waals surface area (Å²) in [6.07, 6.45) is 4.25. The van der Waals surface area contributed by atoms with E-state index in [2.05, 4.69) is 24.1 Å². The molecule has 19 heavy (non-hydrogen) atoms. The summed E-state index contributed by atoms with van der Waals surface area (Å²) in [6.45, 7) is 6.27. The molecule has 108 valence electrons. The van der Waals surface area contributed by atoms with E-state index in [9.17, 15) is 4.79 Å². The van der Waals surface area contributed by atoms with Crippen molar-refractivity contribution >= 4 is 18.3 Å². The Bertz CT molecular complexity index is 372. The maximum absolute atomic E-state index is 12.7. The molecule has 1 heterocycles. The molecule has 0 aromatic heterocycles. The van der Waals surface area contributed by atoms with Crippen LogP contribution in [0.5, 0.6) is 0 Å². The number of carbonyl (C=O) groups is 1. The number of hydrogen-bond donors (Lipinski definition) is 1. The lowest BCUT2D eigenvalue weighted by Gasteiger charge is -2.39. The van der Waals surface area contributed by atoms with Gasteiger partial charge in [-0.3, -0.25) is 4.79 Å². The lowest BCUT2D eigenvalue weighted by atomic mass is 9.99. The Balaban J connectivity index is 0.00000110. The second-order valence-corrected chi connectivity index (χ2v) is 7.03. The summed E-state index contributed by atoms with van der Waals surface area (Å²) >= 11 is 0. The zero-order valence-electron chi connectivity index (χ0n) is 11.8. The lowest BCUT2D eigenvalue weighted by molar-refractivity contribution is -0.137. The van der Waals surface area contributed by atoms with Crippen molar-refractivity contribution in [3.05, 3.63) is 0 Å². The number of nitrogens with zero attached hydrogens (tertiary/aromatic N) is 1. The highest BCUT2D eigenvalue weighted by molar-refractivity contribution is 5.85. The summed E-state index contributed by atoms with van der Waals surface area (Å²) in [6, 6.07) is 0.809. The second kappa shape index (κ2) is 4.63. The lowest BCUT2D eigenvalue weighted by Crippen LogP contribution is -2.57. The third kappa shape index (κ3) is 1.84. The molecule has 3 aliphatic carbocycles. The molecular weight excluding hydrogens is 260 g/mol. The van der Waals surface area contributed by atoms with Crippen LogP contribution in [0.15, 0.2) is 0 Å². The van der Waals surface area contributed by atoms with E-state index < -0.39 is 0 Å². The largest absolute Gasteiger partial charge is 0.337 e. The minimum atomic E-state index is 0. The topological polar surface area (TPSA) is 32.3 Å². The Hall–Kier alpha value is -0.280. The van der Waals surface area contributed by atoms with E-state index in [4.69, 9.17) is 0 Å². The summed E-state index contributed by atoms with van der Waals surface area (Å²) in [5, 5.41) is 3.46. The molecule has 0 aromatic carbocycles. The SMILES string of the molecule is CC1NCCN(C(=O)C2C3C4CCC(C4)C23)C1C.Cl. The van der Waals surface area contributed by atoms with Gasteiger partial charge < -0.3 is 10.2 Å². The van der Waals surface area contributed by atoms with Gasteiger partial charge in [-0.05, 0) is 56.8 Å². The fourth-order valence-electron chi connectivity index (χ4n) is 5.21. The molecule has 1 N–H and O–H groups in total. The van der Waals surface area contributed by atoms with Gasteiger partial charge in [0.1, 0.15) is 0 Å². The van der Waals surface area contributed by atoms with Crippen LogP contribution in [0.4, 0.5) is 0 Å². The summed E-state index contributed by atoms with van der Waals surface area (Å²) in [7, 11) is 0. The van der Waals surface area contributed by atoms with Gasteiger partial charge in [-0.15, -0.1) is 12.4 Å². The third-order valence-electron chi connectivity index (χ3n) is 6.34. The molecule has 4 fully saturated rings. The minimum absolute atomic E-state index is 0. The van der Waals surface area contributed by atoms with Crippen LogP contribution < -0.4 is 5.32 Å². The first-order valence-electron chi connectivity index (χ1n) is 7.72. The van der Waals surface area contributed by atoms with Crippen molar-refractivity contribution in [1.82, 2.24) is 10.2 Å². The van der Waals surface area contributed by atoms with Crippen molar-refractivity contribution in [2.45, 2.75) is 45.2 Å². The molecule has 3 saturated carbocycles. The molecule has 1 amide bonds. The molecule has 2 bridgehead atoms. The second-order valence-electron chi connectivity index (χ2n) is 7.03. The first-order chi connectivity index (χ1) is 8.68. The predicted molar refractivity (Wildman–Crippen MR) is 77.2 cm³/mol. The van der Waals surface area contributed by atoms with Crippen LogP contribution in [0.2, 0.25) is 0 Å². The Morgan fingerprint density at radius 3 is 2.42 bits per heavy atom. The first kappa shape index (κ1) is 13.7. The number of fused-ring (bicyclic) bond motifs is 5. The Labute approximate surface area is 121 Å². The molecule has 4 aliphatic rings. The van der Waals surface area contributed by atoms with Crippen LogP contribution in [0, 0.1) is 29.6 Å². The van der Waals surface area contributed by atoms with Crippen LogP contribution in [0.1, 0.15) is 33.1 Å². The van der Waals surface area contributed by atoms with E-state index in [1.807, 2.05) is 0 Å². The maximum atomic E-state index is 12.7. The quantitative estimate of drug-likeness (QED) is 0.798. The highest BCUT2D eigenvalue weighted by atomic mass is 35.5. The van der Waals surface area contributed by atoms with Crippen LogP contribution in [0.3, 0.4) is 0 Å². The van der Waals surface area contributed by atoms with Gasteiger partial charge in [0, 0.05) is 31.1 Å². The number of halogens is 1. The minimum Gasteiger partial charge on any atom is -0.337 e. The van der Waals surface area contributed by atoms with Crippen LogP contribution >= 0.6 is 12.4 Å². The van der Waals surface area contributed by atoms with E-state index in [1.54, 1.807) is 0 Å². The molecule has 1 saturated heterocycles. The molecule has 4 heteroatoms. The molecule has 4 rings (SSSR count). The normalized spacial score (nSPS) is 50.6. The molecule has 3 nitrogen and oxygen atoms in total. The zero-order chi connectivity index (χ0) is 12.4. The third-order valence-corrected chi connectivity index (χ3v) is 6.34. The van der Waals surface area contributed by atoms with Crippen LogP contribution in [-0.2, 0) is 4.79 Å². The molecular formula is C15H25ClN2O. The number of hydrogen-bond acceptors (Lipinski definition) is 2. The molecule has 6 atom stereocenters. The van der Waals surface area contributed by atoms with Crippen molar-refractivity contribution in [3.63, 3.8) is 0 Å². The van der Waals surface area contributed by atoms with Crippen molar-refractivity contribution < 1.29 is 4.79 Å². The summed E-state index contributed by atoms with van der Waals surface area (Å²) in [5.41, 5.74) is 0. The average molecular weight is 285 g/mol. The highest BCUT2D eigenvalue weighted by Gasteiger charge is 2.68. The average Bonchev–Trinajstić information content (AvgIpc) is 2.80. The van der Waals surface area contributed by atoms with Gasteiger partial charge in [-0.1, -0.05) is 0 Å². The summed E-state index contributed by atoms with van der Waals surface area (Å²) in [5.74, 6) is 4.29. The van der Waals surface area contributed by atoms with Gasteiger partial charge >= 0.3 is 0 Å². The fourth-order valence-corrected chi connectivity index (χ4v) is 5.21. The fraction of sp³-hybridized carbons (Fsp3) is 0.933. The zero-order valence-corrected chi connectivity index (χ0v) is 12.7. The number of nitrogens with one attached hydrogen (secondary N) is 1. The van der Waals surface area contributed by atoms with Crippen molar-refractivity contribution in [3.8, 4) is 0 Å². The first-order valence-corrected chi connectivity index (χ1v) is 7.72. The molecule has 0 radical (unpaired) electrons. The molecule has 0 aromatic rings. The van der Waals surface area contributed by atoms with Crippen molar-refractivity contribution in [2.75, 3.05) is 13.1 Å². The summed E-state index contributed by atoms with van der Waals surface area (Å²) < 4.78 is 0. The van der Waals surface area contributed by atoms with Crippen molar-refractivity contribution in [2.24, 2.45) is 29.6 Å². The number of carbonyl (C=O) groups excluding carboxylic acids is 1. The van der Waals surface area contributed by atoms with Gasteiger partial charge in [-0.25, -0.2) is 0 Å². The van der Waals surface area contributed by atoms with Gasteiger partial charge in [-0.2, -0.15) is 0 Å². The van der Waals surface area contributed by atoms with E-state index in [1.165, 1.54) is 19.3 Å². The molecule has 0 spiro atoms. The standard InChI is InChI=1S/C15H24N2O.ClH/c1-8-9(2)17(6-5-16-8)15(18)14-12-10-3-4-11(7-10)13(12)14;/h8-14,16H,3-7H2,1-2H3;1H. The summed E-state index contributed by atoms with van der Waals surface area (Å²) in [4.78, 5) is 14.9. The highest BCUT2D eigenvalue weighted by Crippen LogP contribution is 2.69. The monoisotopic (exact) mass is 284 g/mol. The number of piperazine rings is 1. The smallest absolute Gasteiger partial charge is 0.226 e. The van der Waals surface area contributed by atoms with E-state index >= 15 is 0 Å². The Morgan fingerprint density at radius 1 is 1.16 bits per heavy atom. The van der Waals surface area contributed by atoms with E-state index in [0.717, 1.165) is 36.8 Å². The molecule has 6 unspecified atom stereocenters. The number of amides is 1. The van der Waals surface area contributed by atoms with E-state index in [-0.39, 0.29) is 12.4 Å². The Morgan fingerprint density at radius 2 is 1.79 bits per heavy atom. The van der Waals surface area contributed by atoms with Gasteiger partial charge in [0.05, 0.1) is 0 Å². The van der Waals surface area contributed by atoms with Crippen LogP contribution in [0.25, 0.3) is 0 Å². The predicted octanol–water partition coefficient (Wildman–Crippen LogP) is 1.91. The van der Waals surface area contributed by atoms with Crippen LogP contribution in [-0.4, -0.2) is 36.0 Å². The van der Waals surface area contributed by atoms with Crippen molar-refractivity contribution in [1.29, 1.82) is 0 Å².